The van der Waals surface area contributed by atoms with Crippen LogP contribution in [0.1, 0.15) is 6.42 Å². The quantitative estimate of drug-likeness (QED) is 0.823. The van der Waals surface area contributed by atoms with Crippen molar-refractivity contribution in [2.75, 3.05) is 18.4 Å². The Hall–Kier alpha value is -1.06. The van der Waals surface area contributed by atoms with Gasteiger partial charge in [0.05, 0.1) is 0 Å². The summed E-state index contributed by atoms with van der Waals surface area (Å²) in [6.45, 7) is 1.89. The van der Waals surface area contributed by atoms with Gasteiger partial charge < -0.3 is 10.6 Å². The van der Waals surface area contributed by atoms with Crippen molar-refractivity contribution >= 4 is 23.2 Å². The first-order valence-electron chi connectivity index (χ1n) is 5.00. The normalized spacial score (nSPS) is 15.8. The SMILES string of the molecule is O=C(CC1CNC1)Nc1cccc(Cl)c1. The number of benzene rings is 1. The Balaban J connectivity index is 1.87. The summed E-state index contributed by atoms with van der Waals surface area (Å²) in [5, 5.41) is 6.61. The molecule has 4 heteroatoms. The number of halogens is 1. The summed E-state index contributed by atoms with van der Waals surface area (Å²) in [6.07, 6.45) is 0.583. The molecule has 2 N–H and O–H groups in total. The van der Waals surface area contributed by atoms with Crippen LogP contribution in [0.3, 0.4) is 0 Å². The van der Waals surface area contributed by atoms with Crippen LogP contribution >= 0.6 is 11.6 Å². The minimum Gasteiger partial charge on any atom is -0.326 e. The van der Waals surface area contributed by atoms with Crippen molar-refractivity contribution in [2.45, 2.75) is 6.42 Å². The first kappa shape index (κ1) is 10.5. The predicted octanol–water partition coefficient (Wildman–Crippen LogP) is 1.89. The van der Waals surface area contributed by atoms with Crippen LogP contribution in [0.4, 0.5) is 5.69 Å². The highest BCUT2D eigenvalue weighted by molar-refractivity contribution is 6.30. The van der Waals surface area contributed by atoms with Crippen molar-refractivity contribution in [1.29, 1.82) is 0 Å². The molecule has 0 radical (unpaired) electrons. The fraction of sp³-hybridized carbons (Fsp3) is 0.364. The molecule has 0 bridgehead atoms. The van der Waals surface area contributed by atoms with Gasteiger partial charge in [-0.2, -0.15) is 0 Å². The van der Waals surface area contributed by atoms with Crippen molar-refractivity contribution in [3.8, 4) is 0 Å². The third-order valence-electron chi connectivity index (χ3n) is 2.45. The van der Waals surface area contributed by atoms with Crippen LogP contribution in [0.15, 0.2) is 24.3 Å². The number of carbonyl (C=O) groups is 1. The van der Waals surface area contributed by atoms with Gasteiger partial charge in [-0.25, -0.2) is 0 Å². The van der Waals surface area contributed by atoms with Gasteiger partial charge in [-0.3, -0.25) is 4.79 Å². The minimum absolute atomic E-state index is 0.0590. The van der Waals surface area contributed by atoms with E-state index in [4.69, 9.17) is 11.6 Å². The van der Waals surface area contributed by atoms with Gasteiger partial charge in [0.2, 0.25) is 5.91 Å². The van der Waals surface area contributed by atoms with Gasteiger partial charge in [0.15, 0.2) is 0 Å². The van der Waals surface area contributed by atoms with E-state index >= 15 is 0 Å². The molecule has 1 aromatic carbocycles. The lowest BCUT2D eigenvalue weighted by Crippen LogP contribution is -2.43. The molecule has 0 aromatic heterocycles. The Morgan fingerprint density at radius 3 is 2.93 bits per heavy atom. The standard InChI is InChI=1S/C11H13ClN2O/c12-9-2-1-3-10(5-9)14-11(15)4-8-6-13-7-8/h1-3,5,8,13H,4,6-7H2,(H,14,15). The highest BCUT2D eigenvalue weighted by Crippen LogP contribution is 2.16. The summed E-state index contributed by atoms with van der Waals surface area (Å²) in [7, 11) is 0. The van der Waals surface area contributed by atoms with Gasteiger partial charge in [-0.1, -0.05) is 17.7 Å². The maximum atomic E-state index is 11.5. The molecule has 1 aliphatic heterocycles. The van der Waals surface area contributed by atoms with Crippen molar-refractivity contribution < 1.29 is 4.79 Å². The number of hydrogen-bond acceptors (Lipinski definition) is 2. The molecule has 3 nitrogen and oxygen atoms in total. The number of amides is 1. The molecule has 1 saturated heterocycles. The molecule has 0 unspecified atom stereocenters. The fourth-order valence-electron chi connectivity index (χ4n) is 1.53. The van der Waals surface area contributed by atoms with Gasteiger partial charge in [0.25, 0.3) is 0 Å². The van der Waals surface area contributed by atoms with Gasteiger partial charge in [0, 0.05) is 17.1 Å². The number of rotatable bonds is 3. The van der Waals surface area contributed by atoms with Crippen LogP contribution in [0, 0.1) is 5.92 Å². The molecule has 1 fully saturated rings. The molecular formula is C11H13ClN2O. The van der Waals surface area contributed by atoms with E-state index < -0.39 is 0 Å². The molecule has 15 heavy (non-hydrogen) atoms. The molecule has 2 rings (SSSR count). The van der Waals surface area contributed by atoms with Crippen LogP contribution in [0.5, 0.6) is 0 Å². The molecule has 80 valence electrons. The van der Waals surface area contributed by atoms with Crippen LogP contribution in [0.2, 0.25) is 5.02 Å². The molecular weight excluding hydrogens is 212 g/mol. The highest BCUT2D eigenvalue weighted by atomic mass is 35.5. The molecule has 0 saturated carbocycles. The number of anilines is 1. The Kier molecular flexibility index (Phi) is 3.23. The average Bonchev–Trinajstić information content (AvgIpc) is 2.11. The van der Waals surface area contributed by atoms with Gasteiger partial charge in [0.1, 0.15) is 0 Å². The predicted molar refractivity (Wildman–Crippen MR) is 61.1 cm³/mol. The molecule has 0 aliphatic carbocycles. The summed E-state index contributed by atoms with van der Waals surface area (Å²) in [6, 6.07) is 7.19. The van der Waals surface area contributed by atoms with Crippen molar-refractivity contribution in [3.05, 3.63) is 29.3 Å². The summed E-state index contributed by atoms with van der Waals surface area (Å²) in [4.78, 5) is 11.5. The van der Waals surface area contributed by atoms with E-state index in [9.17, 15) is 4.79 Å². The summed E-state index contributed by atoms with van der Waals surface area (Å²) >= 11 is 5.81. The molecule has 1 aromatic rings. The minimum atomic E-state index is 0.0590. The van der Waals surface area contributed by atoms with Crippen molar-refractivity contribution in [1.82, 2.24) is 5.32 Å². The largest absolute Gasteiger partial charge is 0.326 e. The van der Waals surface area contributed by atoms with Gasteiger partial charge >= 0.3 is 0 Å². The first-order valence-corrected chi connectivity index (χ1v) is 5.38. The van der Waals surface area contributed by atoms with Crippen molar-refractivity contribution in [3.63, 3.8) is 0 Å². The average molecular weight is 225 g/mol. The zero-order valence-corrected chi connectivity index (χ0v) is 9.05. The topological polar surface area (TPSA) is 41.1 Å². The highest BCUT2D eigenvalue weighted by Gasteiger charge is 2.19. The molecule has 0 spiro atoms. The second kappa shape index (κ2) is 4.64. The summed E-state index contributed by atoms with van der Waals surface area (Å²) < 4.78 is 0. The van der Waals surface area contributed by atoms with E-state index in [0.29, 0.717) is 17.4 Å². The van der Waals surface area contributed by atoms with Crippen LogP contribution in [0.25, 0.3) is 0 Å². The molecule has 1 amide bonds. The Labute approximate surface area is 93.8 Å². The van der Waals surface area contributed by atoms with Gasteiger partial charge in [-0.15, -0.1) is 0 Å². The monoisotopic (exact) mass is 224 g/mol. The second-order valence-electron chi connectivity index (χ2n) is 3.79. The number of hydrogen-bond donors (Lipinski definition) is 2. The second-order valence-corrected chi connectivity index (χ2v) is 4.22. The first-order chi connectivity index (χ1) is 7.24. The van der Waals surface area contributed by atoms with E-state index in [1.54, 1.807) is 12.1 Å². The third-order valence-corrected chi connectivity index (χ3v) is 2.68. The Morgan fingerprint density at radius 2 is 2.33 bits per heavy atom. The molecule has 1 heterocycles. The number of carbonyl (C=O) groups excluding carboxylic acids is 1. The number of nitrogens with one attached hydrogen (secondary N) is 2. The zero-order valence-electron chi connectivity index (χ0n) is 8.29. The van der Waals surface area contributed by atoms with E-state index in [0.717, 1.165) is 18.8 Å². The maximum Gasteiger partial charge on any atom is 0.224 e. The Morgan fingerprint density at radius 1 is 1.53 bits per heavy atom. The smallest absolute Gasteiger partial charge is 0.224 e. The third kappa shape index (κ3) is 2.94. The lowest BCUT2D eigenvalue weighted by Gasteiger charge is -2.26. The lowest BCUT2D eigenvalue weighted by molar-refractivity contribution is -0.117. The lowest BCUT2D eigenvalue weighted by atomic mass is 9.99. The van der Waals surface area contributed by atoms with E-state index in [-0.39, 0.29) is 5.91 Å². The molecule has 1 aliphatic rings. The summed E-state index contributed by atoms with van der Waals surface area (Å²) in [5.41, 5.74) is 0.764. The van der Waals surface area contributed by atoms with E-state index in [2.05, 4.69) is 10.6 Å². The van der Waals surface area contributed by atoms with Gasteiger partial charge in [-0.05, 0) is 37.2 Å². The van der Waals surface area contributed by atoms with Crippen molar-refractivity contribution in [2.24, 2.45) is 5.92 Å². The Bertz CT molecular complexity index is 363. The van der Waals surface area contributed by atoms with Crippen LogP contribution < -0.4 is 10.6 Å². The van der Waals surface area contributed by atoms with E-state index in [1.165, 1.54) is 0 Å². The maximum absolute atomic E-state index is 11.5. The van der Waals surface area contributed by atoms with Crippen LogP contribution in [-0.4, -0.2) is 19.0 Å². The fourth-order valence-corrected chi connectivity index (χ4v) is 1.72. The molecule has 0 atom stereocenters. The van der Waals surface area contributed by atoms with Crippen LogP contribution in [-0.2, 0) is 4.79 Å². The summed E-state index contributed by atoms with van der Waals surface area (Å²) in [5.74, 6) is 0.549. The van der Waals surface area contributed by atoms with E-state index in [1.807, 2.05) is 12.1 Å². The zero-order chi connectivity index (χ0) is 10.7.